The zero-order valence-corrected chi connectivity index (χ0v) is 20.0. The number of fused-ring (bicyclic) bond motifs is 1. The molecule has 2 heterocycles. The van der Waals surface area contributed by atoms with Crippen LogP contribution in [0.15, 0.2) is 46.1 Å². The first-order valence-electron chi connectivity index (χ1n) is 10.0. The first-order chi connectivity index (χ1) is 15.3. The Hall–Kier alpha value is -2.40. The maximum atomic E-state index is 13.2. The molecule has 0 aliphatic carbocycles. The fourth-order valence-electron chi connectivity index (χ4n) is 3.80. The molecule has 4 rings (SSSR count). The normalized spacial score (nSPS) is 15.3. The van der Waals surface area contributed by atoms with E-state index in [1.165, 1.54) is 17.5 Å². The van der Waals surface area contributed by atoms with Gasteiger partial charge in [0.05, 0.1) is 27.8 Å². The molecule has 11 heteroatoms. The van der Waals surface area contributed by atoms with Gasteiger partial charge in [0.15, 0.2) is 0 Å². The lowest BCUT2D eigenvalue weighted by Crippen LogP contribution is -2.50. The number of carbonyl (C=O) groups is 1. The van der Waals surface area contributed by atoms with Crippen molar-refractivity contribution in [2.75, 3.05) is 33.3 Å². The van der Waals surface area contributed by atoms with E-state index in [1.807, 2.05) is 6.92 Å². The minimum Gasteiger partial charge on any atom is -0.496 e. The van der Waals surface area contributed by atoms with Gasteiger partial charge in [-0.25, -0.2) is 8.42 Å². The zero-order valence-electron chi connectivity index (χ0n) is 17.6. The number of piperazine rings is 1. The number of aromatic nitrogens is 1. The molecule has 1 aromatic heterocycles. The summed E-state index contributed by atoms with van der Waals surface area (Å²) in [5.41, 5.74) is 1.11. The molecule has 0 unspecified atom stereocenters. The predicted molar refractivity (Wildman–Crippen MR) is 124 cm³/mol. The monoisotopic (exact) mass is 495 g/mol. The fraction of sp³-hybridized carbons (Fsp3) is 0.333. The third kappa shape index (κ3) is 4.03. The number of thiazole rings is 1. The molecule has 0 atom stereocenters. The van der Waals surface area contributed by atoms with Gasteiger partial charge in [-0.2, -0.15) is 4.31 Å². The molecule has 0 saturated carbocycles. The lowest BCUT2D eigenvalue weighted by molar-refractivity contribution is 0.0694. The van der Waals surface area contributed by atoms with E-state index in [0.717, 1.165) is 16.9 Å². The second-order valence-electron chi connectivity index (χ2n) is 7.28. The highest BCUT2D eigenvalue weighted by molar-refractivity contribution is 7.89. The Balaban J connectivity index is 1.52. The van der Waals surface area contributed by atoms with E-state index in [2.05, 4.69) is 0 Å². The molecule has 1 aliphatic heterocycles. The smallest absolute Gasteiger partial charge is 0.308 e. The van der Waals surface area contributed by atoms with Crippen molar-refractivity contribution in [3.05, 3.63) is 56.7 Å². The van der Waals surface area contributed by atoms with Gasteiger partial charge >= 0.3 is 4.87 Å². The van der Waals surface area contributed by atoms with Crippen LogP contribution in [0.1, 0.15) is 17.3 Å². The first kappa shape index (κ1) is 22.8. The molecule has 0 N–H and O–H groups in total. The van der Waals surface area contributed by atoms with Crippen LogP contribution in [0.2, 0.25) is 5.02 Å². The quantitative estimate of drug-likeness (QED) is 0.543. The molecular formula is C21H22ClN3O5S2. The van der Waals surface area contributed by atoms with Crippen LogP contribution in [0.3, 0.4) is 0 Å². The van der Waals surface area contributed by atoms with Crippen LogP contribution >= 0.6 is 22.9 Å². The van der Waals surface area contributed by atoms with Gasteiger partial charge in [0.1, 0.15) is 5.75 Å². The molecule has 8 nitrogen and oxygen atoms in total. The molecule has 0 spiro atoms. The van der Waals surface area contributed by atoms with E-state index in [0.29, 0.717) is 27.6 Å². The Kier molecular flexibility index (Phi) is 6.30. The van der Waals surface area contributed by atoms with E-state index < -0.39 is 10.0 Å². The first-order valence-corrected chi connectivity index (χ1v) is 12.7. The summed E-state index contributed by atoms with van der Waals surface area (Å²) in [5.74, 6) is 0.145. The average molecular weight is 496 g/mol. The standard InChI is InChI=1S/C21H22ClN3O5S2/c1-3-25-17-7-5-15(13-19(17)31-21(25)27)32(28,29)24-10-8-23(9-11-24)20(26)16-6-4-14(22)12-18(16)30-2/h4-7,12-13H,3,8-11H2,1-2H3. The predicted octanol–water partition coefficient (Wildman–Crippen LogP) is 2.89. The van der Waals surface area contributed by atoms with Gasteiger partial charge in [0.25, 0.3) is 5.91 Å². The van der Waals surface area contributed by atoms with Crippen LogP contribution in [0, 0.1) is 0 Å². The third-order valence-electron chi connectivity index (χ3n) is 5.51. The number of ether oxygens (including phenoxy) is 1. The van der Waals surface area contributed by atoms with Crippen molar-refractivity contribution in [1.82, 2.24) is 13.8 Å². The number of halogens is 1. The topological polar surface area (TPSA) is 88.9 Å². The number of amides is 1. The lowest BCUT2D eigenvalue weighted by atomic mass is 10.1. The number of benzene rings is 2. The summed E-state index contributed by atoms with van der Waals surface area (Å²) in [6, 6.07) is 9.57. The van der Waals surface area contributed by atoms with Crippen LogP contribution in [0.4, 0.5) is 0 Å². The largest absolute Gasteiger partial charge is 0.496 e. The summed E-state index contributed by atoms with van der Waals surface area (Å²) >= 11 is 7.01. The van der Waals surface area contributed by atoms with Gasteiger partial charge in [-0.3, -0.25) is 14.2 Å². The van der Waals surface area contributed by atoms with E-state index in [9.17, 15) is 18.0 Å². The molecule has 32 heavy (non-hydrogen) atoms. The van der Waals surface area contributed by atoms with Gasteiger partial charge < -0.3 is 9.64 Å². The van der Waals surface area contributed by atoms with Gasteiger partial charge in [0.2, 0.25) is 10.0 Å². The number of rotatable bonds is 5. The van der Waals surface area contributed by atoms with Gasteiger partial charge in [-0.1, -0.05) is 22.9 Å². The fourth-order valence-corrected chi connectivity index (χ4v) is 6.48. The van der Waals surface area contributed by atoms with E-state index in [4.69, 9.17) is 16.3 Å². The van der Waals surface area contributed by atoms with Crippen LogP contribution in [0.5, 0.6) is 5.75 Å². The highest BCUT2D eigenvalue weighted by Crippen LogP contribution is 2.27. The Morgan fingerprint density at radius 3 is 2.50 bits per heavy atom. The Labute approximate surface area is 194 Å². The number of aryl methyl sites for hydroxylation is 1. The van der Waals surface area contributed by atoms with E-state index >= 15 is 0 Å². The summed E-state index contributed by atoms with van der Waals surface area (Å²) in [7, 11) is -2.28. The van der Waals surface area contributed by atoms with Crippen LogP contribution in [0.25, 0.3) is 10.2 Å². The number of carbonyl (C=O) groups excluding carboxylic acids is 1. The van der Waals surface area contributed by atoms with Gasteiger partial charge in [-0.15, -0.1) is 0 Å². The number of nitrogens with zero attached hydrogens (tertiary/aromatic N) is 3. The van der Waals surface area contributed by atoms with Gasteiger partial charge in [0, 0.05) is 37.7 Å². The zero-order chi connectivity index (χ0) is 23.0. The maximum Gasteiger partial charge on any atom is 0.308 e. The third-order valence-corrected chi connectivity index (χ3v) is 8.59. The van der Waals surface area contributed by atoms with Crippen LogP contribution < -0.4 is 9.61 Å². The second-order valence-corrected chi connectivity index (χ2v) is 10.7. The molecule has 170 valence electrons. The van der Waals surface area contributed by atoms with Crippen molar-refractivity contribution in [3.63, 3.8) is 0 Å². The Morgan fingerprint density at radius 1 is 1.12 bits per heavy atom. The highest BCUT2D eigenvalue weighted by atomic mass is 35.5. The van der Waals surface area contributed by atoms with Gasteiger partial charge in [-0.05, 0) is 43.3 Å². The van der Waals surface area contributed by atoms with Crippen molar-refractivity contribution in [2.45, 2.75) is 18.4 Å². The minimum absolute atomic E-state index is 0.109. The molecule has 1 aliphatic rings. The Morgan fingerprint density at radius 2 is 1.84 bits per heavy atom. The summed E-state index contributed by atoms with van der Waals surface area (Å²) in [4.78, 5) is 26.7. The molecule has 0 radical (unpaired) electrons. The minimum atomic E-state index is -3.75. The van der Waals surface area contributed by atoms with E-state index in [1.54, 1.807) is 39.8 Å². The van der Waals surface area contributed by atoms with Crippen molar-refractivity contribution >= 4 is 49.1 Å². The van der Waals surface area contributed by atoms with Crippen LogP contribution in [-0.4, -0.2) is 61.4 Å². The summed E-state index contributed by atoms with van der Waals surface area (Å²) in [6.07, 6.45) is 0. The Bertz CT molecular complexity index is 1340. The van der Waals surface area contributed by atoms with E-state index in [-0.39, 0.29) is 41.9 Å². The van der Waals surface area contributed by atoms with Crippen molar-refractivity contribution < 1.29 is 17.9 Å². The number of hydrogen-bond donors (Lipinski definition) is 0. The molecule has 1 saturated heterocycles. The molecule has 1 fully saturated rings. The molecule has 1 amide bonds. The molecule has 2 aromatic carbocycles. The second kappa shape index (κ2) is 8.86. The van der Waals surface area contributed by atoms with Crippen molar-refractivity contribution in [2.24, 2.45) is 0 Å². The molecule has 0 bridgehead atoms. The molecule has 3 aromatic rings. The summed E-state index contributed by atoms with van der Waals surface area (Å²) in [5, 5.41) is 0.463. The summed E-state index contributed by atoms with van der Waals surface area (Å²) in [6.45, 7) is 3.26. The number of sulfonamides is 1. The van der Waals surface area contributed by atoms with Crippen LogP contribution in [-0.2, 0) is 16.6 Å². The van der Waals surface area contributed by atoms with Crippen molar-refractivity contribution in [1.29, 1.82) is 0 Å². The molecular weight excluding hydrogens is 474 g/mol. The summed E-state index contributed by atoms with van der Waals surface area (Å²) < 4.78 is 35.3. The average Bonchev–Trinajstić information content (AvgIpc) is 3.12. The maximum absolute atomic E-state index is 13.2. The number of hydrogen-bond acceptors (Lipinski definition) is 6. The lowest BCUT2D eigenvalue weighted by Gasteiger charge is -2.34. The van der Waals surface area contributed by atoms with Crippen molar-refractivity contribution in [3.8, 4) is 5.75 Å². The SMILES string of the molecule is CCn1c(=O)sc2cc(S(=O)(=O)N3CCN(C(=O)c4ccc(Cl)cc4OC)CC3)ccc21. The highest BCUT2D eigenvalue weighted by Gasteiger charge is 2.31. The number of methoxy groups -OCH3 is 1.